The van der Waals surface area contributed by atoms with E-state index in [4.69, 9.17) is 23.2 Å². The summed E-state index contributed by atoms with van der Waals surface area (Å²) < 4.78 is 0. The number of carbonyl (C=O) groups excluding carboxylic acids is 1. The van der Waals surface area contributed by atoms with E-state index in [0.29, 0.717) is 16.5 Å². The van der Waals surface area contributed by atoms with Gasteiger partial charge in [-0.1, -0.05) is 47.5 Å². The van der Waals surface area contributed by atoms with Crippen molar-refractivity contribution in [1.29, 1.82) is 0 Å². The summed E-state index contributed by atoms with van der Waals surface area (Å²) in [7, 11) is 0. The highest BCUT2D eigenvalue weighted by molar-refractivity contribution is 6.30. The molecule has 3 heteroatoms. The summed E-state index contributed by atoms with van der Waals surface area (Å²) in [5.41, 5.74) is 3.29. The smallest absolute Gasteiger partial charge is 0.156 e. The Balaban J connectivity index is 1.88. The van der Waals surface area contributed by atoms with Crippen molar-refractivity contribution < 1.29 is 4.79 Å². The third-order valence-electron chi connectivity index (χ3n) is 3.81. The number of carbonyl (C=O) groups is 1. The Bertz CT molecular complexity index is 684. The summed E-state index contributed by atoms with van der Waals surface area (Å²) in [4.78, 5) is 12.0. The Hall–Kier alpha value is -1.57. The third-order valence-corrected chi connectivity index (χ3v) is 4.31. The fourth-order valence-corrected chi connectivity index (χ4v) is 2.98. The Labute approximate surface area is 134 Å². The first-order chi connectivity index (χ1) is 10.1. The SMILES string of the molecule is O=C1C=C(c2ccc(Cl)cc2)C[C@H](c2ccc(Cl)cc2)C1. The van der Waals surface area contributed by atoms with Crippen LogP contribution < -0.4 is 0 Å². The van der Waals surface area contributed by atoms with E-state index in [1.807, 2.05) is 48.5 Å². The fraction of sp³-hybridized carbons (Fsp3) is 0.167. The molecular weight excluding hydrogens is 303 g/mol. The van der Waals surface area contributed by atoms with Gasteiger partial charge in [-0.25, -0.2) is 0 Å². The zero-order chi connectivity index (χ0) is 14.8. The van der Waals surface area contributed by atoms with Crippen LogP contribution in [0, 0.1) is 0 Å². The molecule has 0 spiro atoms. The molecule has 1 aliphatic carbocycles. The second-order valence-electron chi connectivity index (χ2n) is 5.30. The molecule has 0 aromatic heterocycles. The highest BCUT2D eigenvalue weighted by atomic mass is 35.5. The van der Waals surface area contributed by atoms with Gasteiger partial charge in [-0.05, 0) is 59.4 Å². The lowest BCUT2D eigenvalue weighted by molar-refractivity contribution is -0.115. The Morgan fingerprint density at radius 2 is 1.38 bits per heavy atom. The summed E-state index contributed by atoms with van der Waals surface area (Å²) >= 11 is 11.8. The molecule has 1 aliphatic rings. The molecule has 106 valence electrons. The second kappa shape index (κ2) is 6.05. The average molecular weight is 317 g/mol. The van der Waals surface area contributed by atoms with Crippen molar-refractivity contribution in [1.82, 2.24) is 0 Å². The molecule has 0 unspecified atom stereocenters. The maximum Gasteiger partial charge on any atom is 0.156 e. The van der Waals surface area contributed by atoms with Crippen molar-refractivity contribution in [3.8, 4) is 0 Å². The van der Waals surface area contributed by atoms with Gasteiger partial charge in [-0.2, -0.15) is 0 Å². The molecule has 0 fully saturated rings. The minimum absolute atomic E-state index is 0.172. The molecule has 3 rings (SSSR count). The number of halogens is 2. The second-order valence-corrected chi connectivity index (χ2v) is 6.17. The number of rotatable bonds is 2. The van der Waals surface area contributed by atoms with Gasteiger partial charge in [-0.3, -0.25) is 4.79 Å². The van der Waals surface area contributed by atoms with Crippen LogP contribution >= 0.6 is 23.2 Å². The van der Waals surface area contributed by atoms with Gasteiger partial charge >= 0.3 is 0 Å². The minimum Gasteiger partial charge on any atom is -0.295 e. The van der Waals surface area contributed by atoms with E-state index in [-0.39, 0.29) is 11.7 Å². The highest BCUT2D eigenvalue weighted by Gasteiger charge is 2.22. The molecule has 0 amide bonds. The quantitative estimate of drug-likeness (QED) is 0.712. The van der Waals surface area contributed by atoms with E-state index in [1.165, 1.54) is 0 Å². The standard InChI is InChI=1S/C18H14Cl2O/c19-16-5-1-12(2-6-16)14-9-15(11-18(21)10-14)13-3-7-17(20)8-4-13/h1-8,10,15H,9,11H2/t15-/m0/s1. The molecule has 0 radical (unpaired) electrons. The molecule has 1 nitrogen and oxygen atoms in total. The van der Waals surface area contributed by atoms with E-state index in [1.54, 1.807) is 6.08 Å². The van der Waals surface area contributed by atoms with Gasteiger partial charge in [0.05, 0.1) is 0 Å². The highest BCUT2D eigenvalue weighted by Crippen LogP contribution is 2.36. The Morgan fingerprint density at radius 3 is 2.00 bits per heavy atom. The molecule has 0 aliphatic heterocycles. The van der Waals surface area contributed by atoms with Crippen molar-refractivity contribution in [2.24, 2.45) is 0 Å². The van der Waals surface area contributed by atoms with Crippen molar-refractivity contribution >= 4 is 34.6 Å². The average Bonchev–Trinajstić information content (AvgIpc) is 2.48. The van der Waals surface area contributed by atoms with Crippen LogP contribution in [-0.2, 0) is 4.79 Å². The number of allylic oxidation sites excluding steroid dienone is 2. The molecule has 0 N–H and O–H groups in total. The van der Waals surface area contributed by atoms with Crippen LogP contribution in [0.2, 0.25) is 10.0 Å². The van der Waals surface area contributed by atoms with Gasteiger partial charge < -0.3 is 0 Å². The molecule has 1 atom stereocenters. The number of hydrogen-bond acceptors (Lipinski definition) is 1. The predicted molar refractivity (Wildman–Crippen MR) is 87.9 cm³/mol. The third kappa shape index (κ3) is 3.37. The van der Waals surface area contributed by atoms with Gasteiger partial charge in [0.15, 0.2) is 5.78 Å². The first-order valence-electron chi connectivity index (χ1n) is 6.86. The van der Waals surface area contributed by atoms with Crippen LogP contribution in [0.1, 0.15) is 29.9 Å². The maximum atomic E-state index is 12.0. The molecule has 0 saturated heterocycles. The van der Waals surface area contributed by atoms with Crippen LogP contribution in [0.4, 0.5) is 0 Å². The van der Waals surface area contributed by atoms with Crippen LogP contribution in [0.3, 0.4) is 0 Å². The van der Waals surface area contributed by atoms with E-state index in [0.717, 1.165) is 23.1 Å². The largest absolute Gasteiger partial charge is 0.295 e. The zero-order valence-electron chi connectivity index (χ0n) is 11.4. The van der Waals surface area contributed by atoms with E-state index in [9.17, 15) is 4.79 Å². The van der Waals surface area contributed by atoms with Gasteiger partial charge in [0.25, 0.3) is 0 Å². The topological polar surface area (TPSA) is 17.1 Å². The van der Waals surface area contributed by atoms with Gasteiger partial charge in [0.2, 0.25) is 0 Å². The van der Waals surface area contributed by atoms with Crippen molar-refractivity contribution in [3.63, 3.8) is 0 Å². The lowest BCUT2D eigenvalue weighted by Gasteiger charge is -2.23. The summed E-state index contributed by atoms with van der Waals surface area (Å²) in [5, 5.41) is 1.42. The number of ketones is 1. The molecule has 0 bridgehead atoms. The molecule has 2 aromatic carbocycles. The predicted octanol–water partition coefficient (Wildman–Crippen LogP) is 5.52. The molecular formula is C18H14Cl2O. The minimum atomic E-state index is 0.172. The molecule has 21 heavy (non-hydrogen) atoms. The van der Waals surface area contributed by atoms with Crippen LogP contribution in [0.15, 0.2) is 54.6 Å². The summed E-state index contributed by atoms with van der Waals surface area (Å²) in [5.74, 6) is 0.386. The molecule has 0 heterocycles. The van der Waals surface area contributed by atoms with E-state index in [2.05, 4.69) is 0 Å². The van der Waals surface area contributed by atoms with Crippen molar-refractivity contribution in [2.75, 3.05) is 0 Å². The zero-order valence-corrected chi connectivity index (χ0v) is 12.9. The van der Waals surface area contributed by atoms with E-state index >= 15 is 0 Å². The lowest BCUT2D eigenvalue weighted by atomic mass is 9.81. The molecule has 0 saturated carbocycles. The molecule has 2 aromatic rings. The van der Waals surface area contributed by atoms with Crippen LogP contribution in [0.25, 0.3) is 5.57 Å². The lowest BCUT2D eigenvalue weighted by Crippen LogP contribution is -2.12. The van der Waals surface area contributed by atoms with E-state index < -0.39 is 0 Å². The van der Waals surface area contributed by atoms with Crippen molar-refractivity contribution in [3.05, 3.63) is 75.8 Å². The summed E-state index contributed by atoms with van der Waals surface area (Å²) in [6.07, 6.45) is 3.17. The van der Waals surface area contributed by atoms with Gasteiger partial charge in [0, 0.05) is 16.5 Å². The van der Waals surface area contributed by atoms with Crippen LogP contribution in [-0.4, -0.2) is 5.78 Å². The Morgan fingerprint density at radius 1 is 0.810 bits per heavy atom. The normalized spacial score (nSPS) is 18.5. The monoisotopic (exact) mass is 316 g/mol. The Kier molecular flexibility index (Phi) is 4.14. The van der Waals surface area contributed by atoms with Crippen molar-refractivity contribution in [2.45, 2.75) is 18.8 Å². The maximum absolute atomic E-state index is 12.0. The number of hydrogen-bond donors (Lipinski definition) is 0. The first-order valence-corrected chi connectivity index (χ1v) is 7.62. The fourth-order valence-electron chi connectivity index (χ4n) is 2.73. The number of benzene rings is 2. The van der Waals surface area contributed by atoms with Gasteiger partial charge in [0.1, 0.15) is 0 Å². The summed E-state index contributed by atoms with van der Waals surface area (Å²) in [6, 6.07) is 15.4. The van der Waals surface area contributed by atoms with Gasteiger partial charge in [-0.15, -0.1) is 0 Å². The first kappa shape index (κ1) is 14.4. The van der Waals surface area contributed by atoms with Crippen LogP contribution in [0.5, 0.6) is 0 Å². The summed E-state index contributed by atoms with van der Waals surface area (Å²) in [6.45, 7) is 0.